The van der Waals surface area contributed by atoms with E-state index < -0.39 is 0 Å². The Morgan fingerprint density at radius 2 is 1.85 bits per heavy atom. The van der Waals surface area contributed by atoms with Crippen molar-refractivity contribution >= 4 is 40.7 Å². The lowest BCUT2D eigenvalue weighted by Crippen LogP contribution is -2.45. The molecular formula is C14H20BrCl2FN2. The Balaban J connectivity index is 0.000001000. The molecule has 0 unspecified atom stereocenters. The van der Waals surface area contributed by atoms with Crippen molar-refractivity contribution in [1.29, 1.82) is 0 Å². The van der Waals surface area contributed by atoms with Crippen molar-refractivity contribution in [1.82, 2.24) is 10.2 Å². The summed E-state index contributed by atoms with van der Waals surface area (Å²) in [5.41, 5.74) is 1.14. The number of piperazine rings is 1. The van der Waals surface area contributed by atoms with Crippen LogP contribution < -0.4 is 5.32 Å². The highest BCUT2D eigenvalue weighted by atomic mass is 79.9. The van der Waals surface area contributed by atoms with Crippen LogP contribution >= 0.6 is 40.7 Å². The first-order chi connectivity index (χ1) is 8.75. The van der Waals surface area contributed by atoms with Crippen molar-refractivity contribution < 1.29 is 4.39 Å². The SMILES string of the molecule is Cl.Cl.Fc1cc([C@@H](C2CC2)N2CCNCC2)ccc1Br. The van der Waals surface area contributed by atoms with E-state index in [-0.39, 0.29) is 30.6 Å². The van der Waals surface area contributed by atoms with Crippen molar-refractivity contribution in [3.05, 3.63) is 34.1 Å². The molecular weight excluding hydrogens is 366 g/mol. The van der Waals surface area contributed by atoms with Gasteiger partial charge in [-0.15, -0.1) is 24.8 Å². The zero-order valence-corrected chi connectivity index (χ0v) is 14.4. The number of benzene rings is 1. The lowest BCUT2D eigenvalue weighted by Gasteiger charge is -2.35. The van der Waals surface area contributed by atoms with E-state index in [1.807, 2.05) is 6.07 Å². The standard InChI is InChI=1S/C14H18BrFN2.2ClH/c15-12-4-3-11(9-13(12)16)14(10-1-2-10)18-7-5-17-6-8-18;;/h3-4,9-10,14,17H,1-2,5-8H2;2*1H/t14-;;/m1../s1. The molecule has 114 valence electrons. The van der Waals surface area contributed by atoms with E-state index in [0.717, 1.165) is 37.7 Å². The largest absolute Gasteiger partial charge is 0.314 e. The molecule has 3 rings (SSSR count). The summed E-state index contributed by atoms with van der Waals surface area (Å²) in [4.78, 5) is 2.51. The van der Waals surface area contributed by atoms with Crippen LogP contribution in [0.5, 0.6) is 0 Å². The smallest absolute Gasteiger partial charge is 0.137 e. The molecule has 1 aromatic carbocycles. The first-order valence-electron chi connectivity index (χ1n) is 6.65. The van der Waals surface area contributed by atoms with Gasteiger partial charge in [-0.2, -0.15) is 0 Å². The van der Waals surface area contributed by atoms with Crippen LogP contribution in [0, 0.1) is 11.7 Å². The van der Waals surface area contributed by atoms with E-state index in [2.05, 4.69) is 32.2 Å². The minimum Gasteiger partial charge on any atom is -0.314 e. The summed E-state index contributed by atoms with van der Waals surface area (Å²) in [6.07, 6.45) is 2.57. The van der Waals surface area contributed by atoms with E-state index >= 15 is 0 Å². The Kier molecular flexibility index (Phi) is 7.22. The zero-order chi connectivity index (χ0) is 12.5. The van der Waals surface area contributed by atoms with Crippen LogP contribution in [0.1, 0.15) is 24.4 Å². The Labute approximate surface area is 140 Å². The van der Waals surface area contributed by atoms with Gasteiger partial charge in [0, 0.05) is 32.2 Å². The quantitative estimate of drug-likeness (QED) is 0.851. The Bertz CT molecular complexity index is 437. The molecule has 1 saturated heterocycles. The van der Waals surface area contributed by atoms with Crippen molar-refractivity contribution in [3.63, 3.8) is 0 Å². The molecule has 2 nitrogen and oxygen atoms in total. The number of hydrogen-bond acceptors (Lipinski definition) is 2. The maximum Gasteiger partial charge on any atom is 0.137 e. The van der Waals surface area contributed by atoms with Crippen LogP contribution in [0.3, 0.4) is 0 Å². The maximum atomic E-state index is 13.7. The molecule has 1 atom stereocenters. The van der Waals surface area contributed by atoms with Crippen LogP contribution in [-0.4, -0.2) is 31.1 Å². The van der Waals surface area contributed by atoms with Gasteiger partial charge in [-0.3, -0.25) is 4.90 Å². The third-order valence-electron chi connectivity index (χ3n) is 3.90. The predicted octanol–water partition coefficient (Wildman–Crippen LogP) is 3.79. The third-order valence-corrected chi connectivity index (χ3v) is 4.54. The second-order valence-electron chi connectivity index (χ2n) is 5.24. The van der Waals surface area contributed by atoms with E-state index in [1.54, 1.807) is 6.07 Å². The molecule has 0 radical (unpaired) electrons. The third kappa shape index (κ3) is 4.08. The maximum absolute atomic E-state index is 13.7. The zero-order valence-electron chi connectivity index (χ0n) is 11.1. The van der Waals surface area contributed by atoms with Gasteiger partial charge in [-0.25, -0.2) is 4.39 Å². The van der Waals surface area contributed by atoms with Gasteiger partial charge in [0.25, 0.3) is 0 Å². The molecule has 2 aliphatic rings. The topological polar surface area (TPSA) is 15.3 Å². The molecule has 1 aliphatic carbocycles. The fourth-order valence-corrected chi connectivity index (χ4v) is 3.10. The predicted molar refractivity (Wildman–Crippen MR) is 88.5 cm³/mol. The average molecular weight is 386 g/mol. The summed E-state index contributed by atoms with van der Waals surface area (Å²) in [6.45, 7) is 4.22. The van der Waals surface area contributed by atoms with E-state index in [4.69, 9.17) is 0 Å². The summed E-state index contributed by atoms with van der Waals surface area (Å²) in [5, 5.41) is 3.38. The fraction of sp³-hybridized carbons (Fsp3) is 0.571. The van der Waals surface area contributed by atoms with Crippen LogP contribution in [0.15, 0.2) is 22.7 Å². The summed E-state index contributed by atoms with van der Waals surface area (Å²) in [5.74, 6) is 0.581. The van der Waals surface area contributed by atoms with Gasteiger partial charge < -0.3 is 5.32 Å². The van der Waals surface area contributed by atoms with Gasteiger partial charge in [-0.05, 0) is 52.4 Å². The summed E-state index contributed by atoms with van der Waals surface area (Å²) >= 11 is 3.23. The van der Waals surface area contributed by atoms with Crippen molar-refractivity contribution in [2.24, 2.45) is 5.92 Å². The first-order valence-corrected chi connectivity index (χ1v) is 7.45. The lowest BCUT2D eigenvalue weighted by atomic mass is 10.00. The van der Waals surface area contributed by atoms with Crippen LogP contribution in [0.4, 0.5) is 4.39 Å². The summed E-state index contributed by atoms with van der Waals surface area (Å²) in [7, 11) is 0. The highest BCUT2D eigenvalue weighted by Crippen LogP contribution is 2.45. The molecule has 0 aromatic heterocycles. The molecule has 1 aromatic rings. The minimum atomic E-state index is -0.145. The molecule has 0 bridgehead atoms. The van der Waals surface area contributed by atoms with Gasteiger partial charge in [0.15, 0.2) is 0 Å². The molecule has 20 heavy (non-hydrogen) atoms. The fourth-order valence-electron chi connectivity index (χ4n) is 2.85. The minimum absolute atomic E-state index is 0. The number of nitrogens with one attached hydrogen (secondary N) is 1. The second-order valence-corrected chi connectivity index (χ2v) is 6.10. The van der Waals surface area contributed by atoms with Crippen LogP contribution in [0.2, 0.25) is 0 Å². The Morgan fingerprint density at radius 3 is 2.40 bits per heavy atom. The Hall–Kier alpha value is 0.130. The molecule has 1 saturated carbocycles. The molecule has 0 amide bonds. The Morgan fingerprint density at radius 1 is 1.20 bits per heavy atom. The normalized spacial score (nSPS) is 20.7. The molecule has 1 aliphatic heterocycles. The highest BCUT2D eigenvalue weighted by molar-refractivity contribution is 9.10. The van der Waals surface area contributed by atoms with Crippen LogP contribution in [0.25, 0.3) is 0 Å². The van der Waals surface area contributed by atoms with E-state index in [9.17, 15) is 4.39 Å². The van der Waals surface area contributed by atoms with Gasteiger partial charge in [0.2, 0.25) is 0 Å². The van der Waals surface area contributed by atoms with Gasteiger partial charge in [0.1, 0.15) is 5.82 Å². The molecule has 6 heteroatoms. The van der Waals surface area contributed by atoms with Gasteiger partial charge in [0.05, 0.1) is 4.47 Å². The first kappa shape index (κ1) is 18.2. The number of rotatable bonds is 3. The summed E-state index contributed by atoms with van der Waals surface area (Å²) in [6, 6.07) is 6.02. The molecule has 1 N–H and O–H groups in total. The average Bonchev–Trinajstić information content (AvgIpc) is 3.20. The number of halogens is 4. The van der Waals surface area contributed by atoms with Gasteiger partial charge in [-0.1, -0.05) is 6.07 Å². The highest BCUT2D eigenvalue weighted by Gasteiger charge is 2.36. The molecule has 1 heterocycles. The van der Waals surface area contributed by atoms with E-state index in [1.165, 1.54) is 12.8 Å². The van der Waals surface area contributed by atoms with Crippen molar-refractivity contribution in [2.75, 3.05) is 26.2 Å². The molecule has 2 fully saturated rings. The monoisotopic (exact) mass is 384 g/mol. The van der Waals surface area contributed by atoms with E-state index in [0.29, 0.717) is 10.5 Å². The van der Waals surface area contributed by atoms with Crippen molar-refractivity contribution in [2.45, 2.75) is 18.9 Å². The second kappa shape index (κ2) is 7.95. The summed E-state index contributed by atoms with van der Waals surface area (Å²) < 4.78 is 14.3. The molecule has 0 spiro atoms. The number of hydrogen-bond donors (Lipinski definition) is 1. The van der Waals surface area contributed by atoms with Crippen molar-refractivity contribution in [3.8, 4) is 0 Å². The van der Waals surface area contributed by atoms with Crippen LogP contribution in [-0.2, 0) is 0 Å². The number of nitrogens with zero attached hydrogens (tertiary/aromatic N) is 1. The van der Waals surface area contributed by atoms with Gasteiger partial charge >= 0.3 is 0 Å². The lowest BCUT2D eigenvalue weighted by molar-refractivity contribution is 0.156.